The Morgan fingerprint density at radius 2 is 1.50 bits per heavy atom. The predicted octanol–water partition coefficient (Wildman–Crippen LogP) is -1.26. The maximum Gasteiger partial charge on any atom is 0.349 e. The van der Waals surface area contributed by atoms with E-state index in [0.717, 1.165) is 0 Å². The highest BCUT2D eigenvalue weighted by molar-refractivity contribution is 6.14. The van der Waals surface area contributed by atoms with Crippen molar-refractivity contribution in [2.24, 2.45) is 0 Å². The van der Waals surface area contributed by atoms with Crippen LogP contribution in [0.4, 0.5) is 0 Å². The third kappa shape index (κ3) is 1.95. The summed E-state index contributed by atoms with van der Waals surface area (Å²) < 4.78 is 8.94. The summed E-state index contributed by atoms with van der Waals surface area (Å²) in [4.78, 5) is 22.5. The fourth-order valence-corrected chi connectivity index (χ4v) is 1.11. The van der Waals surface area contributed by atoms with E-state index in [1.54, 1.807) is 0 Å². The quantitative estimate of drug-likeness (QED) is 0.251. The minimum Gasteiger partial charge on any atom is -0.465 e. The van der Waals surface area contributed by atoms with Crippen LogP contribution < -0.4 is 10.6 Å². The summed E-state index contributed by atoms with van der Waals surface area (Å²) in [5.41, 5.74) is -0.132. The highest BCUT2D eigenvalue weighted by Crippen LogP contribution is 2.06. The second kappa shape index (κ2) is 4.50. The molecule has 6 nitrogen and oxygen atoms in total. The predicted molar refractivity (Wildman–Crippen MR) is 47.1 cm³/mol. The number of ether oxygens (including phenoxy) is 2. The van der Waals surface area contributed by atoms with Gasteiger partial charge in [0, 0.05) is 13.1 Å². The van der Waals surface area contributed by atoms with E-state index in [2.05, 4.69) is 20.1 Å². The zero-order valence-corrected chi connectivity index (χ0v) is 8.05. The van der Waals surface area contributed by atoms with Crippen LogP contribution in [0, 0.1) is 0 Å². The molecule has 1 rings (SSSR count). The molecule has 0 spiro atoms. The zero-order chi connectivity index (χ0) is 10.6. The summed E-state index contributed by atoms with van der Waals surface area (Å²) >= 11 is 0. The van der Waals surface area contributed by atoms with Crippen molar-refractivity contribution in [3.8, 4) is 0 Å². The number of carbonyl (C=O) groups is 2. The molecule has 78 valence electrons. The number of hydrogen-bond donors (Lipinski definition) is 2. The van der Waals surface area contributed by atoms with Crippen molar-refractivity contribution in [1.82, 2.24) is 10.6 Å². The van der Waals surface area contributed by atoms with E-state index >= 15 is 0 Å². The molecule has 1 aliphatic rings. The molecular weight excluding hydrogens is 188 g/mol. The van der Waals surface area contributed by atoms with Gasteiger partial charge in [0.25, 0.3) is 0 Å². The Bertz CT molecular complexity index is 259. The van der Waals surface area contributed by atoms with E-state index in [4.69, 9.17) is 0 Å². The summed E-state index contributed by atoms with van der Waals surface area (Å²) in [6.45, 7) is 1.32. The van der Waals surface area contributed by atoms with Crippen molar-refractivity contribution in [2.45, 2.75) is 0 Å². The maximum absolute atomic E-state index is 11.2. The molecule has 1 saturated heterocycles. The fourth-order valence-electron chi connectivity index (χ4n) is 1.11. The first kappa shape index (κ1) is 10.4. The van der Waals surface area contributed by atoms with Crippen LogP contribution in [0.25, 0.3) is 0 Å². The molecule has 0 unspecified atom stereocenters. The Balaban J connectivity index is 2.97. The lowest BCUT2D eigenvalue weighted by Crippen LogP contribution is -2.25. The molecule has 0 aromatic carbocycles. The fraction of sp³-hybridized carbons (Fsp3) is 0.500. The number of esters is 2. The van der Waals surface area contributed by atoms with Gasteiger partial charge in [-0.3, -0.25) is 0 Å². The van der Waals surface area contributed by atoms with Crippen molar-refractivity contribution in [3.05, 3.63) is 11.4 Å². The average molecular weight is 200 g/mol. The van der Waals surface area contributed by atoms with Crippen LogP contribution >= 0.6 is 0 Å². The van der Waals surface area contributed by atoms with E-state index in [1.165, 1.54) is 14.2 Å². The molecule has 14 heavy (non-hydrogen) atoms. The van der Waals surface area contributed by atoms with Crippen LogP contribution in [0.2, 0.25) is 0 Å². The van der Waals surface area contributed by atoms with E-state index in [1.807, 2.05) is 0 Å². The van der Waals surface area contributed by atoms with Gasteiger partial charge in [0.1, 0.15) is 5.82 Å². The summed E-state index contributed by atoms with van der Waals surface area (Å²) in [7, 11) is 2.42. The number of hydrogen-bond acceptors (Lipinski definition) is 6. The monoisotopic (exact) mass is 200 g/mol. The van der Waals surface area contributed by atoms with Crippen LogP contribution in [-0.2, 0) is 19.1 Å². The van der Waals surface area contributed by atoms with Gasteiger partial charge in [-0.25, -0.2) is 9.59 Å². The van der Waals surface area contributed by atoms with Gasteiger partial charge in [-0.1, -0.05) is 0 Å². The van der Waals surface area contributed by atoms with Crippen molar-refractivity contribution >= 4 is 11.9 Å². The minimum atomic E-state index is -0.714. The second-order valence-electron chi connectivity index (χ2n) is 2.59. The lowest BCUT2D eigenvalue weighted by atomic mass is 10.2. The number of nitrogens with one attached hydrogen (secondary N) is 2. The summed E-state index contributed by atoms with van der Waals surface area (Å²) in [6.07, 6.45) is 0. The first-order valence-corrected chi connectivity index (χ1v) is 4.09. The number of methoxy groups -OCH3 is 2. The van der Waals surface area contributed by atoms with Crippen molar-refractivity contribution < 1.29 is 19.1 Å². The van der Waals surface area contributed by atoms with Gasteiger partial charge in [0.2, 0.25) is 0 Å². The van der Waals surface area contributed by atoms with Crippen molar-refractivity contribution in [3.63, 3.8) is 0 Å². The molecule has 0 saturated carbocycles. The van der Waals surface area contributed by atoms with Gasteiger partial charge in [-0.15, -0.1) is 0 Å². The standard InChI is InChI=1S/C8H12N2O4/c1-13-7(11)5(8(12)14-2)6-9-3-4-10-6/h9-10H,3-4H2,1-2H3. The molecule has 0 amide bonds. The largest absolute Gasteiger partial charge is 0.465 e. The topological polar surface area (TPSA) is 76.7 Å². The number of rotatable bonds is 2. The van der Waals surface area contributed by atoms with Crippen LogP contribution in [0.5, 0.6) is 0 Å². The van der Waals surface area contributed by atoms with Crippen LogP contribution in [0.15, 0.2) is 11.4 Å². The molecule has 0 aliphatic carbocycles. The Labute approximate surface area is 81.2 Å². The molecule has 1 aliphatic heterocycles. The van der Waals surface area contributed by atoms with Gasteiger partial charge in [0.05, 0.1) is 14.2 Å². The smallest absolute Gasteiger partial charge is 0.349 e. The van der Waals surface area contributed by atoms with E-state index in [9.17, 15) is 9.59 Å². The molecule has 2 N–H and O–H groups in total. The van der Waals surface area contributed by atoms with E-state index in [0.29, 0.717) is 18.9 Å². The Morgan fingerprint density at radius 1 is 1.07 bits per heavy atom. The first-order valence-electron chi connectivity index (χ1n) is 4.09. The zero-order valence-electron chi connectivity index (χ0n) is 8.05. The van der Waals surface area contributed by atoms with Gasteiger partial charge >= 0.3 is 11.9 Å². The SMILES string of the molecule is COC(=O)C(C(=O)OC)=C1NCCN1. The first-order chi connectivity index (χ1) is 6.70. The highest BCUT2D eigenvalue weighted by Gasteiger charge is 2.26. The second-order valence-corrected chi connectivity index (χ2v) is 2.59. The summed E-state index contributed by atoms with van der Waals surface area (Å²) in [5, 5.41) is 5.71. The molecular formula is C8H12N2O4. The Kier molecular flexibility index (Phi) is 3.33. The third-order valence-corrected chi connectivity index (χ3v) is 1.76. The third-order valence-electron chi connectivity index (χ3n) is 1.76. The molecule has 0 radical (unpaired) electrons. The number of carbonyl (C=O) groups excluding carboxylic acids is 2. The van der Waals surface area contributed by atoms with Gasteiger partial charge in [-0.05, 0) is 0 Å². The summed E-state index contributed by atoms with van der Waals surface area (Å²) in [6, 6.07) is 0. The minimum absolute atomic E-state index is 0.132. The van der Waals surface area contributed by atoms with Crippen LogP contribution in [0.1, 0.15) is 0 Å². The van der Waals surface area contributed by atoms with Gasteiger partial charge in [-0.2, -0.15) is 0 Å². The lowest BCUT2D eigenvalue weighted by Gasteiger charge is -2.07. The van der Waals surface area contributed by atoms with E-state index < -0.39 is 11.9 Å². The van der Waals surface area contributed by atoms with Gasteiger partial charge < -0.3 is 20.1 Å². The van der Waals surface area contributed by atoms with E-state index in [-0.39, 0.29) is 5.57 Å². The Hall–Kier alpha value is -1.72. The average Bonchev–Trinajstić information content (AvgIpc) is 2.70. The molecule has 1 fully saturated rings. The molecule has 0 bridgehead atoms. The van der Waals surface area contributed by atoms with Gasteiger partial charge in [0.15, 0.2) is 5.57 Å². The maximum atomic E-state index is 11.2. The van der Waals surface area contributed by atoms with Crippen molar-refractivity contribution in [1.29, 1.82) is 0 Å². The molecule has 6 heteroatoms. The summed E-state index contributed by atoms with van der Waals surface area (Å²) in [5.74, 6) is -1.06. The van der Waals surface area contributed by atoms with Crippen molar-refractivity contribution in [2.75, 3.05) is 27.3 Å². The van der Waals surface area contributed by atoms with Crippen LogP contribution in [-0.4, -0.2) is 39.2 Å². The lowest BCUT2D eigenvalue weighted by molar-refractivity contribution is -0.144. The molecule has 0 atom stereocenters. The molecule has 0 aromatic heterocycles. The molecule has 0 aromatic rings. The molecule has 1 heterocycles. The normalized spacial score (nSPS) is 14.0. The van der Waals surface area contributed by atoms with Crippen LogP contribution in [0.3, 0.4) is 0 Å². The highest BCUT2D eigenvalue weighted by atomic mass is 16.5. The Morgan fingerprint density at radius 3 is 1.86 bits per heavy atom.